The molecule has 0 atom stereocenters. The number of hydrogen-bond acceptors (Lipinski definition) is 2. The summed E-state index contributed by atoms with van der Waals surface area (Å²) in [6, 6.07) is 72.6. The van der Waals surface area contributed by atoms with Crippen molar-refractivity contribution in [1.29, 1.82) is 0 Å². The Morgan fingerprint density at radius 3 is 1.77 bits per heavy atom. The SMILES string of the molecule is CC1(C)c2cc3ccccc3cc2-c2c(-c3ccccc3N(c3ccc(-c4ccccc4)cc3)c3ccc(-c4cccc5c4oc4ccccc45)cc3)cccc21. The molecule has 270 valence electrons. The molecule has 0 N–H and O–H groups in total. The molecule has 57 heavy (non-hydrogen) atoms. The van der Waals surface area contributed by atoms with E-state index in [1.807, 2.05) is 12.1 Å². The summed E-state index contributed by atoms with van der Waals surface area (Å²) in [6.07, 6.45) is 0. The van der Waals surface area contributed by atoms with Gasteiger partial charge in [-0.2, -0.15) is 0 Å². The molecule has 0 bridgehead atoms. The maximum atomic E-state index is 6.46. The third-order valence-electron chi connectivity index (χ3n) is 12.1. The van der Waals surface area contributed by atoms with Gasteiger partial charge in [0.2, 0.25) is 0 Å². The van der Waals surface area contributed by atoms with Crippen molar-refractivity contribution >= 4 is 49.8 Å². The number of benzene rings is 9. The normalized spacial score (nSPS) is 12.9. The topological polar surface area (TPSA) is 16.4 Å². The Labute approximate surface area is 332 Å². The van der Waals surface area contributed by atoms with E-state index in [9.17, 15) is 0 Å². The van der Waals surface area contributed by atoms with E-state index in [1.54, 1.807) is 0 Å². The summed E-state index contributed by atoms with van der Waals surface area (Å²) in [4.78, 5) is 2.41. The van der Waals surface area contributed by atoms with Crippen LogP contribution >= 0.6 is 0 Å². The van der Waals surface area contributed by atoms with E-state index in [-0.39, 0.29) is 5.41 Å². The molecule has 0 spiro atoms. The molecule has 0 saturated heterocycles. The lowest BCUT2D eigenvalue weighted by molar-refractivity contribution is 0.661. The van der Waals surface area contributed by atoms with Crippen LogP contribution in [0.25, 0.3) is 77.2 Å². The van der Waals surface area contributed by atoms with Crippen LogP contribution in [0, 0.1) is 0 Å². The van der Waals surface area contributed by atoms with Crippen molar-refractivity contribution in [2.45, 2.75) is 19.3 Å². The van der Waals surface area contributed by atoms with E-state index in [1.165, 1.54) is 55.3 Å². The molecule has 11 rings (SSSR count). The Hall–Kier alpha value is -7.16. The summed E-state index contributed by atoms with van der Waals surface area (Å²) in [5.74, 6) is 0. The van der Waals surface area contributed by atoms with E-state index in [4.69, 9.17) is 4.42 Å². The lowest BCUT2D eigenvalue weighted by Gasteiger charge is -2.29. The smallest absolute Gasteiger partial charge is 0.143 e. The number of hydrogen-bond donors (Lipinski definition) is 0. The van der Waals surface area contributed by atoms with E-state index >= 15 is 0 Å². The van der Waals surface area contributed by atoms with Crippen LogP contribution in [0.3, 0.4) is 0 Å². The van der Waals surface area contributed by atoms with Crippen LogP contribution in [0.5, 0.6) is 0 Å². The van der Waals surface area contributed by atoms with Crippen LogP contribution in [-0.4, -0.2) is 0 Å². The molecule has 0 aliphatic heterocycles. The van der Waals surface area contributed by atoms with E-state index in [0.717, 1.165) is 50.1 Å². The molecular weight excluding hydrogens is 691 g/mol. The van der Waals surface area contributed by atoms with Gasteiger partial charge in [-0.05, 0) is 104 Å². The lowest BCUT2D eigenvalue weighted by atomic mass is 9.81. The highest BCUT2D eigenvalue weighted by atomic mass is 16.3. The Morgan fingerprint density at radius 2 is 0.982 bits per heavy atom. The van der Waals surface area contributed by atoms with Crippen molar-refractivity contribution in [3.8, 4) is 44.5 Å². The quantitative estimate of drug-likeness (QED) is 0.169. The number of nitrogens with zero attached hydrogens (tertiary/aromatic N) is 1. The molecule has 2 nitrogen and oxygen atoms in total. The molecule has 1 heterocycles. The summed E-state index contributed by atoms with van der Waals surface area (Å²) in [5.41, 5.74) is 17.4. The molecular formula is C55H39NO. The second kappa shape index (κ2) is 13.0. The van der Waals surface area contributed by atoms with Crippen molar-refractivity contribution < 1.29 is 4.42 Å². The molecule has 0 amide bonds. The Morgan fingerprint density at radius 1 is 0.404 bits per heavy atom. The minimum absolute atomic E-state index is 0.134. The van der Waals surface area contributed by atoms with Crippen molar-refractivity contribution in [2.24, 2.45) is 0 Å². The molecule has 10 aromatic rings. The van der Waals surface area contributed by atoms with Crippen LogP contribution in [0.15, 0.2) is 205 Å². The van der Waals surface area contributed by atoms with Crippen LogP contribution < -0.4 is 4.90 Å². The highest BCUT2D eigenvalue weighted by Crippen LogP contribution is 2.54. The van der Waals surface area contributed by atoms with Crippen molar-refractivity contribution in [3.63, 3.8) is 0 Å². The fourth-order valence-corrected chi connectivity index (χ4v) is 9.22. The van der Waals surface area contributed by atoms with Gasteiger partial charge >= 0.3 is 0 Å². The van der Waals surface area contributed by atoms with E-state index < -0.39 is 0 Å². The minimum Gasteiger partial charge on any atom is -0.455 e. The molecule has 1 aliphatic rings. The van der Waals surface area contributed by atoms with Gasteiger partial charge in [-0.1, -0.05) is 166 Å². The first kappa shape index (κ1) is 33.2. The van der Waals surface area contributed by atoms with Gasteiger partial charge in [-0.3, -0.25) is 0 Å². The van der Waals surface area contributed by atoms with Gasteiger partial charge in [-0.25, -0.2) is 0 Å². The zero-order chi connectivity index (χ0) is 38.1. The molecule has 0 fully saturated rings. The maximum Gasteiger partial charge on any atom is 0.143 e. The Bertz CT molecular complexity index is 3130. The number of furan rings is 1. The van der Waals surface area contributed by atoms with Crippen molar-refractivity contribution in [1.82, 2.24) is 0 Å². The standard InChI is InChI=1S/C55H39NO/c1-55(2)49-23-13-21-46(53(49)48-34-39-16-6-7-17-40(39)35-50(48)55)44-18-8-10-24-51(44)56(41-30-26-37(27-31-41)36-14-4-3-5-15-36)42-32-28-38(29-33-42)43-20-12-22-47-45-19-9-11-25-52(45)57-54(43)47/h3-35H,1-2H3. The van der Waals surface area contributed by atoms with Gasteiger partial charge in [0.05, 0.1) is 5.69 Å². The van der Waals surface area contributed by atoms with Crippen LogP contribution in [0.4, 0.5) is 17.1 Å². The molecule has 2 heteroatoms. The van der Waals surface area contributed by atoms with Gasteiger partial charge in [0, 0.05) is 38.7 Å². The molecule has 0 saturated carbocycles. The predicted molar refractivity (Wildman–Crippen MR) is 240 cm³/mol. The van der Waals surface area contributed by atoms with E-state index in [0.29, 0.717) is 0 Å². The number of para-hydroxylation sites is 3. The fourth-order valence-electron chi connectivity index (χ4n) is 9.22. The Balaban J connectivity index is 1.09. The average molecular weight is 730 g/mol. The summed E-state index contributed by atoms with van der Waals surface area (Å²) < 4.78 is 6.46. The molecule has 1 aromatic heterocycles. The second-order valence-electron chi connectivity index (χ2n) is 15.7. The number of fused-ring (bicyclic) bond motifs is 7. The van der Waals surface area contributed by atoms with Gasteiger partial charge in [0.15, 0.2) is 0 Å². The van der Waals surface area contributed by atoms with Gasteiger partial charge < -0.3 is 9.32 Å². The third-order valence-corrected chi connectivity index (χ3v) is 12.1. The number of rotatable bonds is 6. The summed E-state index contributed by atoms with van der Waals surface area (Å²) in [5, 5.41) is 4.82. The first-order valence-corrected chi connectivity index (χ1v) is 19.8. The average Bonchev–Trinajstić information content (AvgIpc) is 3.76. The molecule has 1 aliphatic carbocycles. The maximum absolute atomic E-state index is 6.46. The van der Waals surface area contributed by atoms with Gasteiger partial charge in [0.25, 0.3) is 0 Å². The highest BCUT2D eigenvalue weighted by Gasteiger charge is 2.37. The van der Waals surface area contributed by atoms with Gasteiger partial charge in [0.1, 0.15) is 11.2 Å². The first-order valence-electron chi connectivity index (χ1n) is 19.8. The lowest BCUT2D eigenvalue weighted by Crippen LogP contribution is -2.15. The minimum atomic E-state index is -0.134. The van der Waals surface area contributed by atoms with Crippen LogP contribution in [-0.2, 0) is 5.41 Å². The number of anilines is 3. The molecule has 0 radical (unpaired) electrons. The monoisotopic (exact) mass is 729 g/mol. The van der Waals surface area contributed by atoms with Gasteiger partial charge in [-0.15, -0.1) is 0 Å². The zero-order valence-electron chi connectivity index (χ0n) is 31.9. The second-order valence-corrected chi connectivity index (χ2v) is 15.7. The van der Waals surface area contributed by atoms with Crippen molar-refractivity contribution in [2.75, 3.05) is 4.90 Å². The summed E-state index contributed by atoms with van der Waals surface area (Å²) >= 11 is 0. The third kappa shape index (κ3) is 5.33. The highest BCUT2D eigenvalue weighted by molar-refractivity contribution is 6.09. The largest absolute Gasteiger partial charge is 0.455 e. The molecule has 0 unspecified atom stereocenters. The van der Waals surface area contributed by atoms with E-state index in [2.05, 4.69) is 207 Å². The zero-order valence-corrected chi connectivity index (χ0v) is 31.9. The predicted octanol–water partition coefficient (Wildman–Crippen LogP) is 15.5. The molecule has 9 aromatic carbocycles. The van der Waals surface area contributed by atoms with Crippen molar-refractivity contribution in [3.05, 3.63) is 211 Å². The van der Waals surface area contributed by atoms with Crippen LogP contribution in [0.2, 0.25) is 0 Å². The summed E-state index contributed by atoms with van der Waals surface area (Å²) in [7, 11) is 0. The summed E-state index contributed by atoms with van der Waals surface area (Å²) in [6.45, 7) is 4.74. The first-order chi connectivity index (χ1) is 28.0. The van der Waals surface area contributed by atoms with Crippen LogP contribution in [0.1, 0.15) is 25.0 Å². The Kier molecular flexibility index (Phi) is 7.55. The fraction of sp³-hybridized carbons (Fsp3) is 0.0545.